The van der Waals surface area contributed by atoms with Crippen LogP contribution in [0.3, 0.4) is 0 Å². The van der Waals surface area contributed by atoms with Gasteiger partial charge in [0.05, 0.1) is 11.8 Å². The average molecular weight is 399 g/mol. The van der Waals surface area contributed by atoms with Gasteiger partial charge in [0, 0.05) is 11.0 Å². The molecule has 2 aromatic rings. The van der Waals surface area contributed by atoms with Gasteiger partial charge in [0.2, 0.25) is 5.91 Å². The van der Waals surface area contributed by atoms with Crippen molar-refractivity contribution in [1.82, 2.24) is 20.1 Å². The Balaban J connectivity index is 1.90. The Kier molecular flexibility index (Phi) is 6.47. The molecule has 0 radical (unpaired) electrons. The molecule has 0 spiro atoms. The number of rotatable bonds is 7. The van der Waals surface area contributed by atoms with Crippen molar-refractivity contribution in [2.45, 2.75) is 38.0 Å². The highest BCUT2D eigenvalue weighted by Crippen LogP contribution is 2.17. The first kappa shape index (κ1) is 17.8. The van der Waals surface area contributed by atoms with E-state index >= 15 is 0 Å². The van der Waals surface area contributed by atoms with Gasteiger partial charge in [-0.05, 0) is 31.0 Å². The lowest BCUT2D eigenvalue weighted by molar-refractivity contribution is -0.119. The molecule has 0 saturated carbocycles. The van der Waals surface area contributed by atoms with Crippen LogP contribution in [0, 0.1) is 0 Å². The SMILES string of the molecule is CCCn1c(SCC(=O)N[C@H](C)c2ccc(Br)cc2)n[nH]c1=O. The number of halogens is 1. The third-order valence-electron chi connectivity index (χ3n) is 3.25. The number of nitrogens with one attached hydrogen (secondary N) is 2. The van der Waals surface area contributed by atoms with E-state index in [1.165, 1.54) is 11.8 Å². The van der Waals surface area contributed by atoms with E-state index in [2.05, 4.69) is 31.4 Å². The number of hydrogen-bond donors (Lipinski definition) is 2. The fourth-order valence-corrected chi connectivity index (χ4v) is 3.13. The number of hydrogen-bond acceptors (Lipinski definition) is 4. The number of H-pyrrole nitrogens is 1. The van der Waals surface area contributed by atoms with Gasteiger partial charge >= 0.3 is 5.69 Å². The standard InChI is InChI=1S/C15H19BrN4O2S/c1-3-8-20-14(22)18-19-15(20)23-9-13(21)17-10(2)11-4-6-12(16)7-5-11/h4-7,10H,3,8-9H2,1-2H3,(H,17,21)(H,18,22)/t10-/m1/s1. The molecule has 0 aliphatic rings. The lowest BCUT2D eigenvalue weighted by Gasteiger charge is -2.14. The van der Waals surface area contributed by atoms with Crippen molar-refractivity contribution in [3.05, 3.63) is 44.8 Å². The van der Waals surface area contributed by atoms with Crippen LogP contribution in [0.15, 0.2) is 38.7 Å². The van der Waals surface area contributed by atoms with Gasteiger partial charge in [-0.15, -0.1) is 5.10 Å². The highest BCUT2D eigenvalue weighted by molar-refractivity contribution is 9.10. The van der Waals surface area contributed by atoms with E-state index in [-0.39, 0.29) is 23.4 Å². The van der Waals surface area contributed by atoms with Crippen LogP contribution < -0.4 is 11.0 Å². The molecule has 0 bridgehead atoms. The zero-order valence-electron chi connectivity index (χ0n) is 13.0. The summed E-state index contributed by atoms with van der Waals surface area (Å²) in [6, 6.07) is 7.75. The summed E-state index contributed by atoms with van der Waals surface area (Å²) < 4.78 is 2.55. The minimum absolute atomic E-state index is 0.0757. The van der Waals surface area contributed by atoms with Crippen LogP contribution in [-0.2, 0) is 11.3 Å². The predicted molar refractivity (Wildman–Crippen MR) is 94.6 cm³/mol. The minimum atomic E-state index is -0.238. The maximum absolute atomic E-state index is 12.1. The number of carbonyl (C=O) groups is 1. The number of amides is 1. The van der Waals surface area contributed by atoms with Gasteiger partial charge < -0.3 is 5.32 Å². The molecule has 2 rings (SSSR count). The second kappa shape index (κ2) is 8.35. The molecular formula is C15H19BrN4O2S. The van der Waals surface area contributed by atoms with E-state index < -0.39 is 0 Å². The van der Waals surface area contributed by atoms with Gasteiger partial charge in [0.25, 0.3) is 0 Å². The topological polar surface area (TPSA) is 79.8 Å². The third kappa shape index (κ3) is 4.97. The van der Waals surface area contributed by atoms with Crippen molar-refractivity contribution >= 4 is 33.6 Å². The molecule has 1 atom stereocenters. The van der Waals surface area contributed by atoms with Crippen molar-refractivity contribution in [3.8, 4) is 0 Å². The Hall–Kier alpha value is -1.54. The fraction of sp³-hybridized carbons (Fsp3) is 0.400. The number of aromatic nitrogens is 3. The van der Waals surface area contributed by atoms with E-state index in [0.29, 0.717) is 11.7 Å². The molecule has 0 saturated heterocycles. The number of benzene rings is 1. The number of nitrogens with zero attached hydrogens (tertiary/aromatic N) is 2. The molecule has 0 aliphatic carbocycles. The second-order valence-corrected chi connectivity index (χ2v) is 6.95. The molecule has 23 heavy (non-hydrogen) atoms. The normalized spacial score (nSPS) is 12.1. The van der Waals surface area contributed by atoms with Crippen molar-refractivity contribution in [3.63, 3.8) is 0 Å². The highest BCUT2D eigenvalue weighted by atomic mass is 79.9. The monoisotopic (exact) mass is 398 g/mol. The van der Waals surface area contributed by atoms with E-state index in [9.17, 15) is 9.59 Å². The van der Waals surface area contributed by atoms with Crippen LogP contribution in [0.1, 0.15) is 31.9 Å². The Bertz CT molecular complexity index is 711. The smallest absolute Gasteiger partial charge is 0.343 e. The summed E-state index contributed by atoms with van der Waals surface area (Å²) in [5.41, 5.74) is 0.798. The van der Waals surface area contributed by atoms with Gasteiger partial charge in [0.1, 0.15) is 0 Å². The Morgan fingerprint density at radius 3 is 2.78 bits per heavy atom. The number of thioether (sulfide) groups is 1. The van der Waals surface area contributed by atoms with Gasteiger partial charge in [0.15, 0.2) is 5.16 Å². The van der Waals surface area contributed by atoms with E-state index in [1.807, 2.05) is 38.1 Å². The molecule has 8 heteroatoms. The van der Waals surface area contributed by atoms with Crippen LogP contribution in [0.4, 0.5) is 0 Å². The van der Waals surface area contributed by atoms with Crippen LogP contribution in [0.5, 0.6) is 0 Å². The van der Waals surface area contributed by atoms with Crippen molar-refractivity contribution in [1.29, 1.82) is 0 Å². The zero-order valence-corrected chi connectivity index (χ0v) is 15.4. The molecule has 0 aliphatic heterocycles. The summed E-state index contributed by atoms with van der Waals surface area (Å²) in [6.45, 7) is 4.52. The first-order valence-electron chi connectivity index (χ1n) is 7.34. The summed E-state index contributed by atoms with van der Waals surface area (Å²) >= 11 is 4.65. The van der Waals surface area contributed by atoms with Crippen LogP contribution in [0.25, 0.3) is 0 Å². The Morgan fingerprint density at radius 2 is 2.13 bits per heavy atom. The Labute approximate surface area is 147 Å². The summed E-state index contributed by atoms with van der Waals surface area (Å²) in [7, 11) is 0. The van der Waals surface area contributed by atoms with Crippen LogP contribution in [0.2, 0.25) is 0 Å². The van der Waals surface area contributed by atoms with E-state index in [4.69, 9.17) is 0 Å². The maximum atomic E-state index is 12.1. The molecule has 1 heterocycles. The summed E-state index contributed by atoms with van der Waals surface area (Å²) in [6.07, 6.45) is 0.833. The summed E-state index contributed by atoms with van der Waals surface area (Å²) in [5, 5.41) is 9.86. The van der Waals surface area contributed by atoms with Gasteiger partial charge in [-0.25, -0.2) is 9.89 Å². The molecule has 1 amide bonds. The van der Waals surface area contributed by atoms with Gasteiger partial charge in [-0.1, -0.05) is 46.7 Å². The quantitative estimate of drug-likeness (QED) is 0.702. The largest absolute Gasteiger partial charge is 0.349 e. The fourth-order valence-electron chi connectivity index (χ4n) is 2.08. The molecule has 124 valence electrons. The number of aromatic amines is 1. The lowest BCUT2D eigenvalue weighted by atomic mass is 10.1. The van der Waals surface area contributed by atoms with Crippen molar-refractivity contribution in [2.75, 3.05) is 5.75 Å². The summed E-state index contributed by atoms with van der Waals surface area (Å²) in [4.78, 5) is 23.7. The highest BCUT2D eigenvalue weighted by Gasteiger charge is 2.13. The predicted octanol–water partition coefficient (Wildman–Crippen LogP) is 2.71. The van der Waals surface area contributed by atoms with E-state index in [0.717, 1.165) is 16.5 Å². The molecule has 1 aromatic carbocycles. The first-order chi connectivity index (χ1) is 11.0. The third-order valence-corrected chi connectivity index (χ3v) is 4.76. The van der Waals surface area contributed by atoms with Gasteiger partial charge in [-0.3, -0.25) is 9.36 Å². The first-order valence-corrected chi connectivity index (χ1v) is 9.12. The molecular weight excluding hydrogens is 380 g/mol. The maximum Gasteiger partial charge on any atom is 0.343 e. The van der Waals surface area contributed by atoms with Crippen LogP contribution in [-0.4, -0.2) is 26.4 Å². The minimum Gasteiger partial charge on any atom is -0.349 e. The zero-order chi connectivity index (χ0) is 16.8. The van der Waals surface area contributed by atoms with Crippen molar-refractivity contribution < 1.29 is 4.79 Å². The summed E-state index contributed by atoms with van der Waals surface area (Å²) in [5.74, 6) is 0.124. The van der Waals surface area contributed by atoms with E-state index in [1.54, 1.807) is 4.57 Å². The molecule has 6 nitrogen and oxygen atoms in total. The Morgan fingerprint density at radius 1 is 1.43 bits per heavy atom. The van der Waals surface area contributed by atoms with Gasteiger partial charge in [-0.2, -0.15) is 0 Å². The second-order valence-electron chi connectivity index (χ2n) is 5.09. The molecule has 0 unspecified atom stereocenters. The lowest BCUT2D eigenvalue weighted by Crippen LogP contribution is -2.28. The average Bonchev–Trinajstić information content (AvgIpc) is 2.87. The molecule has 1 aromatic heterocycles. The molecule has 2 N–H and O–H groups in total. The van der Waals surface area contributed by atoms with Crippen molar-refractivity contribution in [2.24, 2.45) is 0 Å². The van der Waals surface area contributed by atoms with Crippen LogP contribution >= 0.6 is 27.7 Å². The number of carbonyl (C=O) groups excluding carboxylic acids is 1. The molecule has 0 fully saturated rings.